The standard InChI is InChI=1S/C15H17F3N2O2/c1-8-4-2-3-5-10(8)19-14(21)15(22)20-11-7-6-9(16)12(17)13(11)18/h6-8,10H,2-5H2,1H3,(H,19,21)(H,20,22). The Morgan fingerprint density at radius 1 is 1.05 bits per heavy atom. The highest BCUT2D eigenvalue weighted by Crippen LogP contribution is 2.24. The zero-order chi connectivity index (χ0) is 16.3. The molecule has 0 radical (unpaired) electrons. The van der Waals surface area contributed by atoms with E-state index >= 15 is 0 Å². The minimum atomic E-state index is -1.70. The summed E-state index contributed by atoms with van der Waals surface area (Å²) < 4.78 is 39.3. The minimum Gasteiger partial charge on any atom is -0.345 e. The highest BCUT2D eigenvalue weighted by atomic mass is 19.2. The molecule has 0 spiro atoms. The molecule has 0 bridgehead atoms. The Hall–Kier alpha value is -2.05. The summed E-state index contributed by atoms with van der Waals surface area (Å²) in [5.41, 5.74) is -0.573. The van der Waals surface area contributed by atoms with Crippen LogP contribution in [0.25, 0.3) is 0 Å². The molecule has 2 rings (SSSR count). The van der Waals surface area contributed by atoms with Crippen LogP contribution in [0.4, 0.5) is 18.9 Å². The number of nitrogens with one attached hydrogen (secondary N) is 2. The molecule has 1 aliphatic rings. The summed E-state index contributed by atoms with van der Waals surface area (Å²) in [5, 5.41) is 4.54. The van der Waals surface area contributed by atoms with Crippen molar-refractivity contribution in [3.8, 4) is 0 Å². The summed E-state index contributed by atoms with van der Waals surface area (Å²) in [7, 11) is 0. The van der Waals surface area contributed by atoms with E-state index in [9.17, 15) is 22.8 Å². The van der Waals surface area contributed by atoms with Crippen molar-refractivity contribution in [1.82, 2.24) is 5.32 Å². The Labute approximate surface area is 126 Å². The average molecular weight is 314 g/mol. The normalized spacial score (nSPS) is 21.3. The molecule has 22 heavy (non-hydrogen) atoms. The first-order valence-electron chi connectivity index (χ1n) is 7.15. The molecule has 1 aromatic rings. The summed E-state index contributed by atoms with van der Waals surface area (Å²) in [4.78, 5) is 23.5. The number of carbonyl (C=O) groups is 2. The number of carbonyl (C=O) groups excluding carboxylic acids is 2. The largest absolute Gasteiger partial charge is 0.345 e. The molecule has 2 atom stereocenters. The van der Waals surface area contributed by atoms with E-state index in [1.807, 2.05) is 12.2 Å². The van der Waals surface area contributed by atoms with Crippen molar-refractivity contribution >= 4 is 17.5 Å². The molecule has 2 amide bonds. The Bertz CT molecular complexity index is 592. The van der Waals surface area contributed by atoms with Crippen LogP contribution in [-0.4, -0.2) is 17.9 Å². The number of hydrogen-bond acceptors (Lipinski definition) is 2. The number of amides is 2. The highest BCUT2D eigenvalue weighted by molar-refractivity contribution is 6.39. The molecule has 1 aromatic carbocycles. The van der Waals surface area contributed by atoms with E-state index in [1.54, 1.807) is 0 Å². The lowest BCUT2D eigenvalue weighted by atomic mass is 9.86. The monoisotopic (exact) mass is 314 g/mol. The van der Waals surface area contributed by atoms with Gasteiger partial charge >= 0.3 is 11.8 Å². The quantitative estimate of drug-likeness (QED) is 0.651. The summed E-state index contributed by atoms with van der Waals surface area (Å²) in [6.07, 6.45) is 3.79. The first-order valence-corrected chi connectivity index (χ1v) is 7.15. The number of rotatable bonds is 2. The van der Waals surface area contributed by atoms with E-state index in [1.165, 1.54) is 0 Å². The number of halogens is 3. The van der Waals surface area contributed by atoms with Crippen molar-refractivity contribution in [3.05, 3.63) is 29.6 Å². The lowest BCUT2D eigenvalue weighted by molar-refractivity contribution is -0.137. The topological polar surface area (TPSA) is 58.2 Å². The van der Waals surface area contributed by atoms with Crippen LogP contribution in [0.3, 0.4) is 0 Å². The molecule has 4 nitrogen and oxygen atoms in total. The van der Waals surface area contributed by atoms with Gasteiger partial charge in [0.25, 0.3) is 0 Å². The Kier molecular flexibility index (Phi) is 5.05. The fourth-order valence-electron chi connectivity index (χ4n) is 2.57. The number of hydrogen-bond donors (Lipinski definition) is 2. The van der Waals surface area contributed by atoms with Crippen LogP contribution >= 0.6 is 0 Å². The third-order valence-electron chi connectivity index (χ3n) is 3.92. The van der Waals surface area contributed by atoms with E-state index in [4.69, 9.17) is 0 Å². The molecule has 120 valence electrons. The van der Waals surface area contributed by atoms with Crippen LogP contribution < -0.4 is 10.6 Å². The zero-order valence-corrected chi connectivity index (χ0v) is 12.1. The van der Waals surface area contributed by atoms with Gasteiger partial charge in [-0.25, -0.2) is 13.2 Å². The van der Waals surface area contributed by atoms with Gasteiger partial charge in [-0.3, -0.25) is 9.59 Å². The zero-order valence-electron chi connectivity index (χ0n) is 12.1. The molecular weight excluding hydrogens is 297 g/mol. The van der Waals surface area contributed by atoms with Crippen molar-refractivity contribution in [2.75, 3.05) is 5.32 Å². The van der Waals surface area contributed by atoms with Crippen LogP contribution in [0, 0.1) is 23.4 Å². The van der Waals surface area contributed by atoms with Gasteiger partial charge in [0, 0.05) is 6.04 Å². The highest BCUT2D eigenvalue weighted by Gasteiger charge is 2.26. The molecule has 0 aromatic heterocycles. The first-order chi connectivity index (χ1) is 10.4. The Balaban J connectivity index is 2.00. The number of anilines is 1. The Morgan fingerprint density at radius 3 is 2.41 bits per heavy atom. The Morgan fingerprint density at radius 2 is 1.73 bits per heavy atom. The van der Waals surface area contributed by atoms with Crippen molar-refractivity contribution in [3.63, 3.8) is 0 Å². The second kappa shape index (κ2) is 6.81. The summed E-state index contributed by atoms with van der Waals surface area (Å²) >= 11 is 0. The fourth-order valence-corrected chi connectivity index (χ4v) is 2.57. The molecule has 0 saturated heterocycles. The molecule has 2 unspecified atom stereocenters. The second-order valence-corrected chi connectivity index (χ2v) is 5.52. The molecule has 0 aliphatic heterocycles. The van der Waals surface area contributed by atoms with Gasteiger partial charge < -0.3 is 10.6 Å². The van der Waals surface area contributed by atoms with Crippen molar-refractivity contribution < 1.29 is 22.8 Å². The summed E-state index contributed by atoms with van der Waals surface area (Å²) in [6, 6.07) is 1.43. The third kappa shape index (κ3) is 3.58. The maximum absolute atomic E-state index is 13.4. The van der Waals surface area contributed by atoms with E-state index in [-0.39, 0.29) is 12.0 Å². The van der Waals surface area contributed by atoms with Gasteiger partial charge in [-0.2, -0.15) is 0 Å². The van der Waals surface area contributed by atoms with Gasteiger partial charge in [0.05, 0.1) is 5.69 Å². The predicted molar refractivity (Wildman–Crippen MR) is 74.5 cm³/mol. The van der Waals surface area contributed by atoms with E-state index in [0.29, 0.717) is 6.07 Å². The van der Waals surface area contributed by atoms with Crippen LogP contribution in [0.2, 0.25) is 0 Å². The van der Waals surface area contributed by atoms with E-state index in [2.05, 4.69) is 5.32 Å². The minimum absolute atomic E-state index is 0.109. The van der Waals surface area contributed by atoms with E-state index < -0.39 is 35.0 Å². The van der Waals surface area contributed by atoms with Crippen LogP contribution in [-0.2, 0) is 9.59 Å². The van der Waals surface area contributed by atoms with Crippen molar-refractivity contribution in [2.45, 2.75) is 38.6 Å². The SMILES string of the molecule is CC1CCCCC1NC(=O)C(=O)Nc1ccc(F)c(F)c1F. The van der Waals surface area contributed by atoms with Crippen LogP contribution in [0.15, 0.2) is 12.1 Å². The van der Waals surface area contributed by atoms with Gasteiger partial charge in [0.1, 0.15) is 0 Å². The molecule has 2 N–H and O–H groups in total. The number of benzene rings is 1. The lowest BCUT2D eigenvalue weighted by Gasteiger charge is -2.29. The first kappa shape index (κ1) is 16.3. The second-order valence-electron chi connectivity index (χ2n) is 5.52. The van der Waals surface area contributed by atoms with Crippen molar-refractivity contribution in [1.29, 1.82) is 0 Å². The van der Waals surface area contributed by atoms with Gasteiger partial charge in [0.15, 0.2) is 17.5 Å². The van der Waals surface area contributed by atoms with Gasteiger partial charge in [-0.15, -0.1) is 0 Å². The van der Waals surface area contributed by atoms with Gasteiger partial charge in [-0.1, -0.05) is 19.8 Å². The smallest absolute Gasteiger partial charge is 0.313 e. The maximum atomic E-state index is 13.4. The fraction of sp³-hybridized carbons (Fsp3) is 0.467. The van der Waals surface area contributed by atoms with Crippen LogP contribution in [0.5, 0.6) is 0 Å². The summed E-state index contributed by atoms with van der Waals surface area (Å²) in [5.74, 6) is -6.36. The lowest BCUT2D eigenvalue weighted by Crippen LogP contribution is -2.45. The molecule has 7 heteroatoms. The maximum Gasteiger partial charge on any atom is 0.313 e. The molecule has 1 saturated carbocycles. The van der Waals surface area contributed by atoms with Gasteiger partial charge in [0.2, 0.25) is 0 Å². The van der Waals surface area contributed by atoms with Gasteiger partial charge in [-0.05, 0) is 30.9 Å². The van der Waals surface area contributed by atoms with Crippen molar-refractivity contribution in [2.24, 2.45) is 5.92 Å². The summed E-state index contributed by atoms with van der Waals surface area (Å²) in [6.45, 7) is 1.98. The average Bonchev–Trinajstić information content (AvgIpc) is 2.50. The third-order valence-corrected chi connectivity index (χ3v) is 3.92. The van der Waals surface area contributed by atoms with E-state index in [0.717, 1.165) is 31.7 Å². The molecule has 1 fully saturated rings. The van der Waals surface area contributed by atoms with Crippen LogP contribution in [0.1, 0.15) is 32.6 Å². The molecular formula is C15H17F3N2O2. The molecule has 1 aliphatic carbocycles. The molecule has 0 heterocycles. The predicted octanol–water partition coefficient (Wildman–Crippen LogP) is 2.74.